The molecule has 0 aliphatic carbocycles. The second kappa shape index (κ2) is 4.88. The molecule has 2 aromatic rings. The van der Waals surface area contributed by atoms with Gasteiger partial charge in [0, 0.05) is 10.9 Å². The molecule has 0 saturated heterocycles. The van der Waals surface area contributed by atoms with Crippen LogP contribution in [0.2, 0.25) is 0 Å². The molecule has 0 spiro atoms. The molecule has 0 aliphatic rings. The molecule has 0 atom stereocenters. The van der Waals surface area contributed by atoms with E-state index in [-0.39, 0.29) is 0 Å². The SMILES string of the molecule is Brc1cccc(OCCc2nn[nH]n2)c1. The number of aromatic amines is 1. The van der Waals surface area contributed by atoms with Crippen LogP contribution in [0.15, 0.2) is 28.7 Å². The average Bonchev–Trinajstić information content (AvgIpc) is 2.71. The van der Waals surface area contributed by atoms with Crippen molar-refractivity contribution >= 4 is 15.9 Å². The number of hydrogen-bond acceptors (Lipinski definition) is 4. The van der Waals surface area contributed by atoms with E-state index in [0.717, 1.165) is 10.2 Å². The van der Waals surface area contributed by atoms with Crippen molar-refractivity contribution in [1.29, 1.82) is 0 Å². The summed E-state index contributed by atoms with van der Waals surface area (Å²) in [5, 5.41) is 13.5. The largest absolute Gasteiger partial charge is 0.493 e. The molecule has 0 fully saturated rings. The van der Waals surface area contributed by atoms with E-state index in [1.165, 1.54) is 0 Å². The third-order valence-electron chi connectivity index (χ3n) is 1.78. The Labute approximate surface area is 95.0 Å². The Morgan fingerprint density at radius 2 is 2.33 bits per heavy atom. The molecule has 5 nitrogen and oxygen atoms in total. The topological polar surface area (TPSA) is 63.7 Å². The fraction of sp³-hybridized carbons (Fsp3) is 0.222. The van der Waals surface area contributed by atoms with Gasteiger partial charge in [0.15, 0.2) is 5.82 Å². The van der Waals surface area contributed by atoms with Gasteiger partial charge in [-0.3, -0.25) is 0 Å². The van der Waals surface area contributed by atoms with E-state index in [1.54, 1.807) is 0 Å². The van der Waals surface area contributed by atoms with Gasteiger partial charge in [-0.05, 0) is 18.2 Å². The fourth-order valence-corrected chi connectivity index (χ4v) is 1.48. The van der Waals surface area contributed by atoms with Crippen molar-refractivity contribution in [3.05, 3.63) is 34.6 Å². The Balaban J connectivity index is 1.83. The molecular formula is C9H9BrN4O. The molecule has 0 unspecified atom stereocenters. The molecule has 0 radical (unpaired) electrons. The maximum Gasteiger partial charge on any atom is 0.177 e. The molecule has 6 heteroatoms. The van der Waals surface area contributed by atoms with Crippen LogP contribution in [0.25, 0.3) is 0 Å². The number of ether oxygens (including phenoxy) is 1. The summed E-state index contributed by atoms with van der Waals surface area (Å²) in [5.41, 5.74) is 0. The second-order valence-electron chi connectivity index (χ2n) is 2.88. The van der Waals surface area contributed by atoms with Crippen LogP contribution in [0.3, 0.4) is 0 Å². The average molecular weight is 269 g/mol. The minimum absolute atomic E-state index is 0.538. The van der Waals surface area contributed by atoms with Gasteiger partial charge in [-0.15, -0.1) is 10.2 Å². The number of rotatable bonds is 4. The van der Waals surface area contributed by atoms with Gasteiger partial charge in [0.2, 0.25) is 0 Å². The number of hydrogen-bond donors (Lipinski definition) is 1. The zero-order chi connectivity index (χ0) is 10.5. The molecule has 15 heavy (non-hydrogen) atoms. The number of H-pyrrole nitrogens is 1. The van der Waals surface area contributed by atoms with Crippen molar-refractivity contribution < 1.29 is 4.74 Å². The van der Waals surface area contributed by atoms with E-state index in [1.807, 2.05) is 24.3 Å². The lowest BCUT2D eigenvalue weighted by Crippen LogP contribution is -2.02. The maximum atomic E-state index is 5.51. The summed E-state index contributed by atoms with van der Waals surface area (Å²) in [6.45, 7) is 0.538. The molecule has 0 saturated carbocycles. The van der Waals surface area contributed by atoms with Crippen LogP contribution < -0.4 is 4.74 Å². The van der Waals surface area contributed by atoms with E-state index in [4.69, 9.17) is 4.74 Å². The monoisotopic (exact) mass is 268 g/mol. The lowest BCUT2D eigenvalue weighted by Gasteiger charge is -2.04. The van der Waals surface area contributed by atoms with Crippen molar-refractivity contribution in [2.45, 2.75) is 6.42 Å². The molecule has 2 rings (SSSR count). The number of nitrogens with one attached hydrogen (secondary N) is 1. The normalized spacial score (nSPS) is 10.2. The van der Waals surface area contributed by atoms with Gasteiger partial charge in [-0.2, -0.15) is 5.21 Å². The molecule has 1 N–H and O–H groups in total. The van der Waals surface area contributed by atoms with Gasteiger partial charge < -0.3 is 4.74 Å². The Bertz CT molecular complexity index is 418. The van der Waals surface area contributed by atoms with E-state index in [2.05, 4.69) is 36.6 Å². The number of aromatic nitrogens is 4. The molecule has 0 aliphatic heterocycles. The number of tetrazole rings is 1. The van der Waals surface area contributed by atoms with Crippen LogP contribution in [-0.4, -0.2) is 27.2 Å². The Hall–Kier alpha value is -1.43. The van der Waals surface area contributed by atoms with Crippen LogP contribution in [0.4, 0.5) is 0 Å². The third-order valence-corrected chi connectivity index (χ3v) is 2.27. The summed E-state index contributed by atoms with van der Waals surface area (Å²) in [6.07, 6.45) is 0.642. The van der Waals surface area contributed by atoms with Crippen molar-refractivity contribution in [2.75, 3.05) is 6.61 Å². The van der Waals surface area contributed by atoms with E-state index >= 15 is 0 Å². The summed E-state index contributed by atoms with van der Waals surface area (Å²) in [7, 11) is 0. The van der Waals surface area contributed by atoms with Gasteiger partial charge in [0.1, 0.15) is 5.75 Å². The maximum absolute atomic E-state index is 5.51. The molecule has 1 heterocycles. The van der Waals surface area contributed by atoms with Crippen molar-refractivity contribution in [3.8, 4) is 5.75 Å². The van der Waals surface area contributed by atoms with Crippen LogP contribution >= 0.6 is 15.9 Å². The highest BCUT2D eigenvalue weighted by atomic mass is 79.9. The highest BCUT2D eigenvalue weighted by Crippen LogP contribution is 2.17. The van der Waals surface area contributed by atoms with E-state index < -0.39 is 0 Å². The highest BCUT2D eigenvalue weighted by molar-refractivity contribution is 9.10. The fourth-order valence-electron chi connectivity index (χ4n) is 1.11. The van der Waals surface area contributed by atoms with Gasteiger partial charge in [0.05, 0.1) is 6.61 Å². The van der Waals surface area contributed by atoms with Crippen molar-refractivity contribution in [1.82, 2.24) is 20.6 Å². The Kier molecular flexibility index (Phi) is 3.29. The van der Waals surface area contributed by atoms with E-state index in [0.29, 0.717) is 18.9 Å². The first-order valence-electron chi connectivity index (χ1n) is 4.45. The van der Waals surface area contributed by atoms with Crippen LogP contribution in [0, 0.1) is 0 Å². The number of nitrogens with zero attached hydrogens (tertiary/aromatic N) is 3. The summed E-state index contributed by atoms with van der Waals surface area (Å²) < 4.78 is 6.51. The second-order valence-corrected chi connectivity index (χ2v) is 3.80. The summed E-state index contributed by atoms with van der Waals surface area (Å²) in [6, 6.07) is 7.69. The Morgan fingerprint density at radius 3 is 3.07 bits per heavy atom. The summed E-state index contributed by atoms with van der Waals surface area (Å²) in [4.78, 5) is 0. The molecule has 0 bridgehead atoms. The van der Waals surface area contributed by atoms with Crippen LogP contribution in [-0.2, 0) is 6.42 Å². The highest BCUT2D eigenvalue weighted by Gasteiger charge is 1.99. The minimum atomic E-state index is 0.538. The molecular weight excluding hydrogens is 260 g/mol. The molecule has 0 amide bonds. The van der Waals surface area contributed by atoms with Gasteiger partial charge in [-0.1, -0.05) is 27.2 Å². The predicted molar refractivity (Wildman–Crippen MR) is 57.5 cm³/mol. The first-order valence-corrected chi connectivity index (χ1v) is 5.24. The lowest BCUT2D eigenvalue weighted by molar-refractivity contribution is 0.318. The van der Waals surface area contributed by atoms with E-state index in [9.17, 15) is 0 Å². The molecule has 78 valence electrons. The van der Waals surface area contributed by atoms with Crippen molar-refractivity contribution in [2.24, 2.45) is 0 Å². The summed E-state index contributed by atoms with van der Waals surface area (Å²) >= 11 is 3.37. The molecule has 1 aromatic heterocycles. The van der Waals surface area contributed by atoms with Crippen LogP contribution in [0.1, 0.15) is 5.82 Å². The quantitative estimate of drug-likeness (QED) is 0.915. The van der Waals surface area contributed by atoms with Gasteiger partial charge in [0.25, 0.3) is 0 Å². The first kappa shape index (κ1) is 10.1. The van der Waals surface area contributed by atoms with Gasteiger partial charge >= 0.3 is 0 Å². The van der Waals surface area contributed by atoms with Gasteiger partial charge in [-0.25, -0.2) is 0 Å². The third kappa shape index (κ3) is 3.02. The minimum Gasteiger partial charge on any atom is -0.493 e. The number of benzene rings is 1. The lowest BCUT2D eigenvalue weighted by atomic mass is 10.3. The smallest absolute Gasteiger partial charge is 0.177 e. The standard InChI is InChI=1S/C9H9BrN4O/c10-7-2-1-3-8(6-7)15-5-4-9-11-13-14-12-9/h1-3,6H,4-5H2,(H,11,12,13,14). The predicted octanol–water partition coefficient (Wildman–Crippen LogP) is 1.58. The molecule has 1 aromatic carbocycles. The van der Waals surface area contributed by atoms with Crippen molar-refractivity contribution in [3.63, 3.8) is 0 Å². The zero-order valence-corrected chi connectivity index (χ0v) is 9.44. The first-order chi connectivity index (χ1) is 7.34. The Morgan fingerprint density at radius 1 is 1.40 bits per heavy atom. The summed E-state index contributed by atoms with van der Waals surface area (Å²) in [5.74, 6) is 1.48. The van der Waals surface area contributed by atoms with Crippen LogP contribution in [0.5, 0.6) is 5.75 Å². The number of halogens is 1. The zero-order valence-electron chi connectivity index (χ0n) is 7.85.